The van der Waals surface area contributed by atoms with E-state index in [-0.39, 0.29) is 0 Å². The largest absolute Gasteiger partial charge is 0.338 e. The quantitative estimate of drug-likeness (QED) is 0.0978. The van der Waals surface area contributed by atoms with Crippen molar-refractivity contribution in [2.75, 3.05) is 5.75 Å². The zero-order valence-corrected chi connectivity index (χ0v) is 23.5. The van der Waals surface area contributed by atoms with Crippen molar-refractivity contribution in [1.29, 1.82) is 0 Å². The molecule has 0 fully saturated rings. The minimum Gasteiger partial charge on any atom is -0.338 e. The Kier molecular flexibility index (Phi) is 24.8. The second kappa shape index (κ2) is 24.1. The lowest BCUT2D eigenvalue weighted by Gasteiger charge is -2.13. The van der Waals surface area contributed by atoms with Crippen molar-refractivity contribution < 1.29 is 9.79 Å². The third-order valence-corrected chi connectivity index (χ3v) is 9.87. The molecule has 0 aromatic heterocycles. The summed E-state index contributed by atoms with van der Waals surface area (Å²) in [7, 11) is 0. The van der Waals surface area contributed by atoms with Crippen molar-refractivity contribution in [3.8, 4) is 0 Å². The van der Waals surface area contributed by atoms with Crippen LogP contribution in [0.1, 0.15) is 155 Å². The van der Waals surface area contributed by atoms with Gasteiger partial charge in [-0.15, -0.1) is 0 Å². The van der Waals surface area contributed by atoms with E-state index in [0.29, 0.717) is 0 Å². The molecule has 5 heteroatoms. The van der Waals surface area contributed by atoms with E-state index >= 15 is 0 Å². The summed E-state index contributed by atoms with van der Waals surface area (Å²) in [5, 5.41) is 0. The van der Waals surface area contributed by atoms with Gasteiger partial charge in [-0.25, -0.2) is 0 Å². The zero-order valence-electron chi connectivity index (χ0n) is 21.0. The van der Waals surface area contributed by atoms with Crippen LogP contribution in [0.4, 0.5) is 0 Å². The zero-order chi connectivity index (χ0) is 23.0. The number of unbranched alkanes of at least 4 members (excludes halogenated alkanes) is 17. The van der Waals surface area contributed by atoms with Gasteiger partial charge >= 0.3 is 0 Å². The fourth-order valence-corrected chi connectivity index (χ4v) is 6.76. The molecule has 0 heterocycles. The van der Waals surface area contributed by atoms with Gasteiger partial charge in [0.2, 0.25) is 5.69 Å². The topological polar surface area (TPSA) is 40.5 Å². The van der Waals surface area contributed by atoms with E-state index in [9.17, 15) is 0 Å². The minimum atomic E-state index is -3.02. The normalized spacial score (nSPS) is 13.0. The summed E-state index contributed by atoms with van der Waals surface area (Å²) in [5.41, 5.74) is -3.02. The summed E-state index contributed by atoms with van der Waals surface area (Å²) < 4.78 is 0. The minimum absolute atomic E-state index is 0.794. The average Bonchev–Trinajstić information content (AvgIpc) is 2.73. The van der Waals surface area contributed by atoms with Crippen molar-refractivity contribution in [2.45, 2.75) is 155 Å². The molecule has 0 radical (unpaired) electrons. The van der Waals surface area contributed by atoms with Crippen molar-refractivity contribution >= 4 is 28.9 Å². The van der Waals surface area contributed by atoms with E-state index in [2.05, 4.69) is 25.7 Å². The Morgan fingerprint density at radius 1 is 0.581 bits per heavy atom. The lowest BCUT2D eigenvalue weighted by molar-refractivity contribution is 0.399. The standard InChI is InChI=1S/C26H55O2PS2/c1-3-5-23-26(4-2)24-21-19-17-15-13-11-9-7-6-8-10-12-14-16-18-20-22-25-31-29(27,28)30/h26H,3-25H2,1-2H3,(H2,27,28,30). The SMILES string of the molecule is CCCCC(CC)CCCCCCCCCCCCCCCCCCCSP(O)(O)=S. The van der Waals surface area contributed by atoms with E-state index in [1.807, 2.05) is 0 Å². The highest BCUT2D eigenvalue weighted by Crippen LogP contribution is 2.50. The molecule has 0 saturated heterocycles. The lowest BCUT2D eigenvalue weighted by atomic mass is 9.93. The van der Waals surface area contributed by atoms with Gasteiger partial charge in [-0.2, -0.15) is 0 Å². The van der Waals surface area contributed by atoms with Gasteiger partial charge in [0, 0.05) is 5.75 Å². The van der Waals surface area contributed by atoms with Crippen molar-refractivity contribution in [1.82, 2.24) is 0 Å². The maximum Gasteiger partial charge on any atom is 0.242 e. The van der Waals surface area contributed by atoms with Crippen LogP contribution < -0.4 is 0 Å². The maximum absolute atomic E-state index is 9.15. The molecule has 31 heavy (non-hydrogen) atoms. The fraction of sp³-hybridized carbons (Fsp3) is 1.00. The Labute approximate surface area is 205 Å². The second-order valence-electron chi connectivity index (χ2n) is 9.54. The van der Waals surface area contributed by atoms with Crippen LogP contribution in [-0.4, -0.2) is 15.5 Å². The molecular weight excluding hydrogens is 439 g/mol. The summed E-state index contributed by atoms with van der Waals surface area (Å²) in [5.74, 6) is 1.79. The van der Waals surface area contributed by atoms with E-state index in [0.717, 1.165) is 29.5 Å². The predicted molar refractivity (Wildman–Crippen MR) is 148 cm³/mol. The number of rotatable bonds is 25. The van der Waals surface area contributed by atoms with Gasteiger partial charge in [-0.05, 0) is 24.1 Å². The molecule has 0 aliphatic carbocycles. The van der Waals surface area contributed by atoms with Crippen molar-refractivity contribution in [2.24, 2.45) is 5.92 Å². The Bertz CT molecular complexity index is 401. The summed E-state index contributed by atoms with van der Waals surface area (Å²) in [4.78, 5) is 18.3. The van der Waals surface area contributed by atoms with E-state index < -0.39 is 5.69 Å². The van der Waals surface area contributed by atoms with Crippen LogP contribution in [0.15, 0.2) is 0 Å². The van der Waals surface area contributed by atoms with Gasteiger partial charge in [0.25, 0.3) is 0 Å². The molecule has 2 N–H and O–H groups in total. The Morgan fingerprint density at radius 3 is 1.29 bits per heavy atom. The maximum atomic E-state index is 9.15. The van der Waals surface area contributed by atoms with E-state index in [1.165, 1.54) is 135 Å². The molecule has 0 aliphatic rings. The molecule has 0 spiro atoms. The molecule has 1 unspecified atom stereocenters. The molecular formula is C26H55O2PS2. The first kappa shape index (κ1) is 31.9. The van der Waals surface area contributed by atoms with Crippen LogP contribution in [0.5, 0.6) is 0 Å². The van der Waals surface area contributed by atoms with Gasteiger partial charge in [0.1, 0.15) is 0 Å². The van der Waals surface area contributed by atoms with Crippen LogP contribution in [-0.2, 0) is 11.8 Å². The number of hydrogen-bond acceptors (Lipinski definition) is 2. The summed E-state index contributed by atoms with van der Waals surface area (Å²) in [6.45, 7) is 4.68. The smallest absolute Gasteiger partial charge is 0.242 e. The van der Waals surface area contributed by atoms with Gasteiger partial charge < -0.3 is 9.79 Å². The Hall–Kier alpha value is 0.920. The van der Waals surface area contributed by atoms with Crippen LogP contribution in [0.3, 0.4) is 0 Å². The monoisotopic (exact) mass is 494 g/mol. The molecule has 0 aromatic carbocycles. The van der Waals surface area contributed by atoms with E-state index in [4.69, 9.17) is 9.79 Å². The lowest BCUT2D eigenvalue weighted by Crippen LogP contribution is -1.98. The fourth-order valence-electron chi connectivity index (χ4n) is 4.42. The van der Waals surface area contributed by atoms with Crippen molar-refractivity contribution in [3.63, 3.8) is 0 Å². The first-order valence-electron chi connectivity index (χ1n) is 13.7. The third-order valence-electron chi connectivity index (χ3n) is 6.56. The first-order valence-corrected chi connectivity index (χ1v) is 18.0. The highest BCUT2D eigenvalue weighted by atomic mass is 32.9. The molecule has 0 saturated carbocycles. The van der Waals surface area contributed by atoms with Gasteiger partial charge in [0.05, 0.1) is 0 Å². The van der Waals surface area contributed by atoms with Gasteiger partial charge in [0.15, 0.2) is 0 Å². The third kappa shape index (κ3) is 27.0. The van der Waals surface area contributed by atoms with Gasteiger partial charge in [-0.1, -0.05) is 160 Å². The molecule has 0 rings (SSSR count). The van der Waals surface area contributed by atoms with Gasteiger partial charge in [-0.3, -0.25) is 0 Å². The molecule has 188 valence electrons. The summed E-state index contributed by atoms with van der Waals surface area (Å²) >= 11 is 5.77. The summed E-state index contributed by atoms with van der Waals surface area (Å²) in [6, 6.07) is 0. The second-order valence-corrected chi connectivity index (χ2v) is 15.7. The first-order chi connectivity index (χ1) is 15.0. The van der Waals surface area contributed by atoms with E-state index in [1.54, 1.807) is 0 Å². The summed E-state index contributed by atoms with van der Waals surface area (Å²) in [6.07, 6.45) is 30.6. The highest BCUT2D eigenvalue weighted by molar-refractivity contribution is 8.67. The molecule has 2 nitrogen and oxygen atoms in total. The average molecular weight is 495 g/mol. The molecule has 0 bridgehead atoms. The Balaban J connectivity index is 3.15. The van der Waals surface area contributed by atoms with Crippen LogP contribution in [0, 0.1) is 5.92 Å². The number of hydrogen-bond donors (Lipinski definition) is 2. The Morgan fingerprint density at radius 2 is 0.935 bits per heavy atom. The molecule has 1 atom stereocenters. The predicted octanol–water partition coefficient (Wildman–Crippen LogP) is 10.2. The van der Waals surface area contributed by atoms with Crippen LogP contribution in [0.25, 0.3) is 0 Å². The molecule has 0 amide bonds. The van der Waals surface area contributed by atoms with Crippen LogP contribution in [0.2, 0.25) is 0 Å². The molecule has 0 aromatic rings. The van der Waals surface area contributed by atoms with Crippen LogP contribution >= 0.6 is 17.1 Å². The molecule has 0 aliphatic heterocycles. The van der Waals surface area contributed by atoms with Crippen molar-refractivity contribution in [3.05, 3.63) is 0 Å². The highest BCUT2D eigenvalue weighted by Gasteiger charge is 2.06.